The van der Waals surface area contributed by atoms with Crippen LogP contribution in [-0.4, -0.2) is 12.5 Å². The molecule has 0 fully saturated rings. The summed E-state index contributed by atoms with van der Waals surface area (Å²) in [6.45, 7) is 4.75. The van der Waals surface area contributed by atoms with E-state index in [1.165, 1.54) is 11.1 Å². The van der Waals surface area contributed by atoms with Gasteiger partial charge in [-0.2, -0.15) is 0 Å². The Morgan fingerprint density at radius 2 is 1.80 bits per heavy atom. The molecule has 0 atom stereocenters. The molecule has 3 heteroatoms. The Labute approximate surface area is 120 Å². The number of aryl methyl sites for hydroxylation is 2. The minimum absolute atomic E-state index is 0.0222. The number of hydrogen-bond acceptors (Lipinski definition) is 2. The second-order valence-corrected chi connectivity index (χ2v) is 4.91. The van der Waals surface area contributed by atoms with Crippen molar-refractivity contribution in [2.45, 2.75) is 20.3 Å². The molecule has 0 aliphatic rings. The molecule has 0 heterocycles. The largest absolute Gasteiger partial charge is 0.384 e. The fraction of sp³-hybridized carbons (Fsp3) is 0.235. The molecule has 0 spiro atoms. The van der Waals surface area contributed by atoms with Crippen molar-refractivity contribution >= 4 is 17.3 Å². The van der Waals surface area contributed by atoms with Crippen LogP contribution in [0.25, 0.3) is 0 Å². The monoisotopic (exact) mass is 268 g/mol. The second kappa shape index (κ2) is 6.75. The summed E-state index contributed by atoms with van der Waals surface area (Å²) in [5.41, 5.74) is 4.34. The van der Waals surface area contributed by atoms with E-state index in [2.05, 4.69) is 42.7 Å². The number of benzene rings is 2. The van der Waals surface area contributed by atoms with Crippen molar-refractivity contribution in [3.63, 3.8) is 0 Å². The standard InChI is InChI=1S/C17H20N2O/c1-13-8-9-14(2)16(12-13)18-11-10-17(20)19-15-6-4-3-5-7-15/h3-9,12,18H,10-11H2,1-2H3,(H,19,20). The van der Waals surface area contributed by atoms with Gasteiger partial charge in [0.25, 0.3) is 0 Å². The Morgan fingerprint density at radius 1 is 1.05 bits per heavy atom. The smallest absolute Gasteiger partial charge is 0.226 e. The molecule has 0 aliphatic carbocycles. The summed E-state index contributed by atoms with van der Waals surface area (Å²) in [5.74, 6) is 0.0222. The van der Waals surface area contributed by atoms with Crippen LogP contribution in [0.3, 0.4) is 0 Å². The third kappa shape index (κ3) is 4.12. The zero-order chi connectivity index (χ0) is 14.4. The third-order valence-electron chi connectivity index (χ3n) is 3.12. The first-order chi connectivity index (χ1) is 9.65. The second-order valence-electron chi connectivity index (χ2n) is 4.91. The SMILES string of the molecule is Cc1ccc(C)c(NCCC(=O)Nc2ccccc2)c1. The van der Waals surface area contributed by atoms with Crippen LogP contribution in [0, 0.1) is 13.8 Å². The maximum atomic E-state index is 11.8. The lowest BCUT2D eigenvalue weighted by molar-refractivity contribution is -0.115. The zero-order valence-electron chi connectivity index (χ0n) is 11.9. The Morgan fingerprint density at radius 3 is 2.55 bits per heavy atom. The molecule has 0 saturated carbocycles. The normalized spacial score (nSPS) is 10.1. The molecule has 0 bridgehead atoms. The van der Waals surface area contributed by atoms with Gasteiger partial charge in [-0.1, -0.05) is 30.3 Å². The number of carbonyl (C=O) groups is 1. The Hall–Kier alpha value is -2.29. The highest BCUT2D eigenvalue weighted by Gasteiger charge is 2.03. The van der Waals surface area contributed by atoms with E-state index in [0.29, 0.717) is 13.0 Å². The molecule has 1 amide bonds. The predicted octanol–water partition coefficient (Wildman–Crippen LogP) is 3.74. The van der Waals surface area contributed by atoms with Crippen LogP contribution in [0.15, 0.2) is 48.5 Å². The maximum Gasteiger partial charge on any atom is 0.226 e. The molecular weight excluding hydrogens is 248 g/mol. The number of amides is 1. The van der Waals surface area contributed by atoms with Crippen molar-refractivity contribution < 1.29 is 4.79 Å². The van der Waals surface area contributed by atoms with E-state index < -0.39 is 0 Å². The molecular formula is C17H20N2O. The van der Waals surface area contributed by atoms with Crippen molar-refractivity contribution in [3.05, 3.63) is 59.7 Å². The first-order valence-electron chi connectivity index (χ1n) is 6.81. The van der Waals surface area contributed by atoms with Gasteiger partial charge in [0.15, 0.2) is 0 Å². The fourth-order valence-electron chi connectivity index (χ4n) is 1.98. The van der Waals surface area contributed by atoms with Gasteiger partial charge in [0.1, 0.15) is 0 Å². The molecule has 0 aromatic heterocycles. The van der Waals surface area contributed by atoms with Crippen LogP contribution >= 0.6 is 0 Å². The van der Waals surface area contributed by atoms with Gasteiger partial charge in [-0.25, -0.2) is 0 Å². The van der Waals surface area contributed by atoms with E-state index in [1.807, 2.05) is 30.3 Å². The fourth-order valence-corrected chi connectivity index (χ4v) is 1.98. The average molecular weight is 268 g/mol. The Kier molecular flexibility index (Phi) is 4.77. The number of anilines is 2. The molecule has 2 rings (SSSR count). The van der Waals surface area contributed by atoms with Gasteiger partial charge in [-0.15, -0.1) is 0 Å². The first-order valence-corrected chi connectivity index (χ1v) is 6.81. The summed E-state index contributed by atoms with van der Waals surface area (Å²) in [6.07, 6.45) is 0.447. The molecule has 0 radical (unpaired) electrons. The summed E-state index contributed by atoms with van der Waals surface area (Å²) in [4.78, 5) is 11.8. The molecule has 2 N–H and O–H groups in total. The number of carbonyl (C=O) groups excluding carboxylic acids is 1. The summed E-state index contributed by atoms with van der Waals surface area (Å²) in [6, 6.07) is 15.8. The zero-order valence-corrected chi connectivity index (χ0v) is 11.9. The van der Waals surface area contributed by atoms with E-state index in [0.717, 1.165) is 11.4 Å². The average Bonchev–Trinajstić information content (AvgIpc) is 2.44. The van der Waals surface area contributed by atoms with E-state index in [4.69, 9.17) is 0 Å². The van der Waals surface area contributed by atoms with Crippen molar-refractivity contribution in [2.75, 3.05) is 17.2 Å². The van der Waals surface area contributed by atoms with Gasteiger partial charge in [0, 0.05) is 24.3 Å². The number of hydrogen-bond donors (Lipinski definition) is 2. The minimum atomic E-state index is 0.0222. The maximum absolute atomic E-state index is 11.8. The van der Waals surface area contributed by atoms with Gasteiger partial charge in [0.2, 0.25) is 5.91 Å². The van der Waals surface area contributed by atoms with Gasteiger partial charge < -0.3 is 10.6 Å². The molecule has 2 aromatic rings. The quantitative estimate of drug-likeness (QED) is 0.867. The predicted molar refractivity (Wildman–Crippen MR) is 84.1 cm³/mol. The topological polar surface area (TPSA) is 41.1 Å². The van der Waals surface area contributed by atoms with Gasteiger partial charge >= 0.3 is 0 Å². The minimum Gasteiger partial charge on any atom is -0.384 e. The summed E-state index contributed by atoms with van der Waals surface area (Å²) < 4.78 is 0. The molecule has 3 nitrogen and oxygen atoms in total. The molecule has 0 unspecified atom stereocenters. The third-order valence-corrected chi connectivity index (χ3v) is 3.12. The van der Waals surface area contributed by atoms with Gasteiger partial charge in [0.05, 0.1) is 0 Å². The highest BCUT2D eigenvalue weighted by atomic mass is 16.1. The van der Waals surface area contributed by atoms with Crippen molar-refractivity contribution in [2.24, 2.45) is 0 Å². The summed E-state index contributed by atoms with van der Waals surface area (Å²) in [7, 11) is 0. The molecule has 0 aliphatic heterocycles. The lowest BCUT2D eigenvalue weighted by atomic mass is 10.1. The summed E-state index contributed by atoms with van der Waals surface area (Å²) in [5, 5.41) is 6.18. The van der Waals surface area contributed by atoms with Crippen molar-refractivity contribution in [1.29, 1.82) is 0 Å². The van der Waals surface area contributed by atoms with Crippen molar-refractivity contribution in [1.82, 2.24) is 0 Å². The van der Waals surface area contributed by atoms with E-state index >= 15 is 0 Å². The van der Waals surface area contributed by atoms with Crippen LogP contribution in [-0.2, 0) is 4.79 Å². The van der Waals surface area contributed by atoms with Gasteiger partial charge in [-0.3, -0.25) is 4.79 Å². The lowest BCUT2D eigenvalue weighted by Gasteiger charge is -2.10. The van der Waals surface area contributed by atoms with Crippen LogP contribution in [0.1, 0.15) is 17.5 Å². The molecule has 2 aromatic carbocycles. The van der Waals surface area contributed by atoms with E-state index in [-0.39, 0.29) is 5.91 Å². The molecule has 104 valence electrons. The molecule has 0 saturated heterocycles. The van der Waals surface area contributed by atoms with Crippen LogP contribution in [0.5, 0.6) is 0 Å². The van der Waals surface area contributed by atoms with Crippen LogP contribution in [0.4, 0.5) is 11.4 Å². The Bertz CT molecular complexity index is 579. The van der Waals surface area contributed by atoms with E-state index in [1.54, 1.807) is 0 Å². The number of para-hydroxylation sites is 1. The Balaban J connectivity index is 1.81. The van der Waals surface area contributed by atoms with Crippen molar-refractivity contribution in [3.8, 4) is 0 Å². The first kappa shape index (κ1) is 14.1. The van der Waals surface area contributed by atoms with Gasteiger partial charge in [-0.05, 0) is 43.2 Å². The molecule has 20 heavy (non-hydrogen) atoms. The number of nitrogens with one attached hydrogen (secondary N) is 2. The van der Waals surface area contributed by atoms with E-state index in [9.17, 15) is 4.79 Å². The summed E-state index contributed by atoms with van der Waals surface area (Å²) >= 11 is 0. The lowest BCUT2D eigenvalue weighted by Crippen LogP contribution is -2.16. The number of rotatable bonds is 5. The van der Waals surface area contributed by atoms with Crippen LogP contribution < -0.4 is 10.6 Å². The highest BCUT2D eigenvalue weighted by molar-refractivity contribution is 5.90. The van der Waals surface area contributed by atoms with Crippen LogP contribution in [0.2, 0.25) is 0 Å². The highest BCUT2D eigenvalue weighted by Crippen LogP contribution is 2.16.